The summed E-state index contributed by atoms with van der Waals surface area (Å²) in [6, 6.07) is 3.85. The monoisotopic (exact) mass is 373 g/mol. The van der Waals surface area contributed by atoms with E-state index in [9.17, 15) is 4.79 Å². The smallest absolute Gasteiger partial charge is 0.263 e. The van der Waals surface area contributed by atoms with Gasteiger partial charge >= 0.3 is 0 Å². The lowest BCUT2D eigenvalue weighted by Crippen LogP contribution is -2.22. The quantitative estimate of drug-likeness (QED) is 0.786. The number of nitrogens with one attached hydrogen (secondary N) is 1. The Morgan fingerprint density at radius 2 is 2.12 bits per heavy atom. The van der Waals surface area contributed by atoms with Gasteiger partial charge in [0.2, 0.25) is 5.88 Å². The van der Waals surface area contributed by atoms with Crippen molar-refractivity contribution in [1.29, 1.82) is 0 Å². The normalized spacial score (nSPS) is 14.8. The van der Waals surface area contributed by atoms with Gasteiger partial charge in [-0.2, -0.15) is 0 Å². The summed E-state index contributed by atoms with van der Waals surface area (Å²) >= 11 is 1.49. The fraction of sp³-hybridized carbons (Fsp3) is 0.550. The fourth-order valence-electron chi connectivity index (χ4n) is 3.12. The number of carbonyl (C=O) groups is 1. The molecule has 3 rings (SSSR count). The summed E-state index contributed by atoms with van der Waals surface area (Å²) < 4.78 is 5.87. The zero-order valence-corrected chi connectivity index (χ0v) is 16.6. The molecule has 0 aromatic carbocycles. The summed E-state index contributed by atoms with van der Waals surface area (Å²) in [4.78, 5) is 22.0. The van der Waals surface area contributed by atoms with Crippen LogP contribution < -0.4 is 10.1 Å². The highest BCUT2D eigenvalue weighted by Gasteiger charge is 2.17. The van der Waals surface area contributed by atoms with Crippen molar-refractivity contribution in [2.75, 3.05) is 0 Å². The molecule has 1 N–H and O–H groups in total. The van der Waals surface area contributed by atoms with Crippen LogP contribution in [0.4, 0.5) is 0 Å². The van der Waals surface area contributed by atoms with Crippen molar-refractivity contribution < 1.29 is 9.53 Å². The maximum atomic E-state index is 12.4. The molecule has 1 fully saturated rings. The SMILES string of the molecule is Cc1nc(CC(C)C)sc1C(=O)NCc1ccc(OC2CCCC2)nc1. The van der Waals surface area contributed by atoms with Crippen LogP contribution in [-0.2, 0) is 13.0 Å². The molecule has 1 aliphatic rings. The largest absolute Gasteiger partial charge is 0.474 e. The Balaban J connectivity index is 1.53. The Labute approximate surface area is 159 Å². The lowest BCUT2D eigenvalue weighted by molar-refractivity contribution is 0.0954. The summed E-state index contributed by atoms with van der Waals surface area (Å²) in [5.74, 6) is 1.14. The van der Waals surface area contributed by atoms with Gasteiger partial charge < -0.3 is 10.1 Å². The maximum absolute atomic E-state index is 12.4. The zero-order chi connectivity index (χ0) is 18.5. The summed E-state index contributed by atoms with van der Waals surface area (Å²) in [7, 11) is 0. The van der Waals surface area contributed by atoms with Crippen molar-refractivity contribution in [3.63, 3.8) is 0 Å². The highest BCUT2D eigenvalue weighted by Crippen LogP contribution is 2.23. The minimum atomic E-state index is -0.0683. The number of amides is 1. The first-order valence-corrected chi connectivity index (χ1v) is 10.2. The van der Waals surface area contributed by atoms with Gasteiger partial charge in [-0.3, -0.25) is 4.79 Å². The van der Waals surface area contributed by atoms with E-state index in [1.165, 1.54) is 24.2 Å². The van der Waals surface area contributed by atoms with E-state index in [1.807, 2.05) is 19.1 Å². The number of rotatable bonds is 7. The number of aromatic nitrogens is 2. The average Bonchev–Trinajstić information content (AvgIpc) is 3.23. The number of thiazole rings is 1. The molecule has 0 atom stereocenters. The maximum Gasteiger partial charge on any atom is 0.263 e. The topological polar surface area (TPSA) is 64.1 Å². The molecule has 2 aromatic rings. The zero-order valence-electron chi connectivity index (χ0n) is 15.7. The van der Waals surface area contributed by atoms with E-state index in [4.69, 9.17) is 4.74 Å². The second-order valence-electron chi connectivity index (χ2n) is 7.33. The number of nitrogens with zero attached hydrogens (tertiary/aromatic N) is 2. The second kappa shape index (κ2) is 8.62. The summed E-state index contributed by atoms with van der Waals surface area (Å²) in [6.07, 6.45) is 7.70. The molecule has 1 aliphatic carbocycles. The first-order chi connectivity index (χ1) is 12.5. The predicted molar refractivity (Wildman–Crippen MR) is 104 cm³/mol. The van der Waals surface area contributed by atoms with E-state index in [1.54, 1.807) is 6.20 Å². The fourth-order valence-corrected chi connectivity index (χ4v) is 4.32. The van der Waals surface area contributed by atoms with E-state index >= 15 is 0 Å². The van der Waals surface area contributed by atoms with Gasteiger partial charge in [-0.25, -0.2) is 9.97 Å². The van der Waals surface area contributed by atoms with Gasteiger partial charge in [0.15, 0.2) is 0 Å². The Hall–Kier alpha value is -1.95. The molecule has 1 saturated carbocycles. The van der Waals surface area contributed by atoms with E-state index in [-0.39, 0.29) is 5.91 Å². The van der Waals surface area contributed by atoms with E-state index in [0.29, 0.717) is 29.3 Å². The Morgan fingerprint density at radius 3 is 2.77 bits per heavy atom. The third-order valence-electron chi connectivity index (χ3n) is 4.47. The lowest BCUT2D eigenvalue weighted by Gasteiger charge is -2.12. The van der Waals surface area contributed by atoms with Crippen LogP contribution in [0.2, 0.25) is 0 Å². The Bertz CT molecular complexity index is 734. The molecular weight excluding hydrogens is 346 g/mol. The number of carbonyl (C=O) groups excluding carboxylic acids is 1. The molecular formula is C20H27N3O2S. The lowest BCUT2D eigenvalue weighted by atomic mass is 10.1. The van der Waals surface area contributed by atoms with Crippen molar-refractivity contribution in [2.45, 2.75) is 65.5 Å². The van der Waals surface area contributed by atoms with Gasteiger partial charge in [0, 0.05) is 25.2 Å². The van der Waals surface area contributed by atoms with Crippen LogP contribution in [0, 0.1) is 12.8 Å². The molecule has 0 aliphatic heterocycles. The molecule has 2 aromatic heterocycles. The number of hydrogen-bond donors (Lipinski definition) is 1. The molecule has 0 spiro atoms. The van der Waals surface area contributed by atoms with Gasteiger partial charge in [-0.15, -0.1) is 11.3 Å². The molecule has 1 amide bonds. The molecule has 5 nitrogen and oxygen atoms in total. The van der Waals surface area contributed by atoms with Crippen LogP contribution in [0.1, 0.15) is 65.5 Å². The molecule has 0 bridgehead atoms. The van der Waals surface area contributed by atoms with Gasteiger partial charge in [-0.05, 0) is 44.1 Å². The van der Waals surface area contributed by atoms with Crippen LogP contribution in [0.15, 0.2) is 18.3 Å². The molecule has 6 heteroatoms. The van der Waals surface area contributed by atoms with Crippen LogP contribution >= 0.6 is 11.3 Å². The second-order valence-corrected chi connectivity index (χ2v) is 8.42. The number of aryl methyl sites for hydroxylation is 1. The van der Waals surface area contributed by atoms with Gasteiger partial charge in [0.05, 0.1) is 10.7 Å². The van der Waals surface area contributed by atoms with Gasteiger partial charge in [-0.1, -0.05) is 19.9 Å². The van der Waals surface area contributed by atoms with Crippen LogP contribution in [0.25, 0.3) is 0 Å². The Kier molecular flexibility index (Phi) is 6.25. The van der Waals surface area contributed by atoms with E-state index in [2.05, 4.69) is 29.1 Å². The van der Waals surface area contributed by atoms with Crippen molar-refractivity contribution in [3.05, 3.63) is 39.5 Å². The van der Waals surface area contributed by atoms with Crippen molar-refractivity contribution >= 4 is 17.2 Å². The van der Waals surface area contributed by atoms with Crippen molar-refractivity contribution in [2.24, 2.45) is 5.92 Å². The number of hydrogen-bond acceptors (Lipinski definition) is 5. The summed E-state index contributed by atoms with van der Waals surface area (Å²) in [6.45, 7) is 6.66. The molecule has 140 valence electrons. The van der Waals surface area contributed by atoms with E-state index in [0.717, 1.165) is 35.5 Å². The number of ether oxygens (including phenoxy) is 1. The third-order valence-corrected chi connectivity index (χ3v) is 5.65. The molecule has 0 unspecified atom stereocenters. The predicted octanol–water partition coefficient (Wildman–Crippen LogP) is 4.30. The summed E-state index contributed by atoms with van der Waals surface area (Å²) in [5.41, 5.74) is 1.77. The van der Waals surface area contributed by atoms with Gasteiger partial charge in [0.25, 0.3) is 5.91 Å². The Morgan fingerprint density at radius 1 is 1.35 bits per heavy atom. The van der Waals surface area contributed by atoms with Crippen molar-refractivity contribution in [3.8, 4) is 5.88 Å². The molecule has 0 saturated heterocycles. The highest BCUT2D eigenvalue weighted by atomic mass is 32.1. The third kappa shape index (κ3) is 5.04. The molecule has 2 heterocycles. The van der Waals surface area contributed by atoms with Gasteiger partial charge in [0.1, 0.15) is 11.0 Å². The molecule has 0 radical (unpaired) electrons. The van der Waals surface area contributed by atoms with E-state index < -0.39 is 0 Å². The first kappa shape index (κ1) is 18.8. The van der Waals surface area contributed by atoms with Crippen LogP contribution in [0.5, 0.6) is 5.88 Å². The number of pyridine rings is 1. The average molecular weight is 374 g/mol. The highest BCUT2D eigenvalue weighted by molar-refractivity contribution is 7.13. The molecule has 26 heavy (non-hydrogen) atoms. The van der Waals surface area contributed by atoms with Crippen LogP contribution in [0.3, 0.4) is 0 Å². The minimum Gasteiger partial charge on any atom is -0.474 e. The summed E-state index contributed by atoms with van der Waals surface area (Å²) in [5, 5.41) is 3.99. The van der Waals surface area contributed by atoms with Crippen LogP contribution in [-0.4, -0.2) is 22.0 Å². The minimum absolute atomic E-state index is 0.0683. The first-order valence-electron chi connectivity index (χ1n) is 9.37. The van der Waals surface area contributed by atoms with Crippen molar-refractivity contribution in [1.82, 2.24) is 15.3 Å². The standard InChI is InChI=1S/C20H27N3O2S/c1-13(2)10-18-23-14(3)19(26-18)20(24)22-12-15-8-9-17(21-11-15)25-16-6-4-5-7-16/h8-9,11,13,16H,4-7,10,12H2,1-3H3,(H,22,24).